The third-order valence-electron chi connectivity index (χ3n) is 14.1. The Bertz CT molecular complexity index is 1310. The van der Waals surface area contributed by atoms with Gasteiger partial charge in [0.15, 0.2) is 12.4 Å². The molecule has 0 aromatic heterocycles. The number of unbranched alkanes of at least 4 members (excludes halogenated alkanes) is 38. The van der Waals surface area contributed by atoms with Crippen molar-refractivity contribution < 1.29 is 42.9 Å². The van der Waals surface area contributed by atoms with Crippen molar-refractivity contribution in [3.8, 4) is 0 Å². The summed E-state index contributed by atoms with van der Waals surface area (Å²) in [5.41, 5.74) is 0. The number of hydrogen-bond acceptors (Lipinski definition) is 8. The number of aliphatic carboxylic acids is 1. The van der Waals surface area contributed by atoms with Crippen molar-refractivity contribution in [3.63, 3.8) is 0 Å². The minimum atomic E-state index is -1.62. The molecule has 9 heteroatoms. The van der Waals surface area contributed by atoms with E-state index in [-0.39, 0.29) is 32.2 Å². The predicted octanol–water partition coefficient (Wildman–Crippen LogP) is 17.5. The largest absolute Gasteiger partial charge is 0.545 e. The van der Waals surface area contributed by atoms with Crippen molar-refractivity contribution in [2.45, 2.75) is 315 Å². The molecule has 0 heterocycles. The molecule has 0 aliphatic rings. The number of carboxylic acids is 1. The number of hydrogen-bond donors (Lipinski definition) is 0. The van der Waals surface area contributed by atoms with E-state index in [2.05, 4.69) is 50.3 Å². The van der Waals surface area contributed by atoms with Gasteiger partial charge in [0.2, 0.25) is 0 Å². The zero-order valence-corrected chi connectivity index (χ0v) is 49.5. The molecule has 0 aliphatic carbocycles. The molecular formula is C65H121NO8. The van der Waals surface area contributed by atoms with Gasteiger partial charge in [0.25, 0.3) is 0 Å². The molecule has 0 amide bonds. The number of esters is 2. The molecule has 9 nitrogen and oxygen atoms in total. The van der Waals surface area contributed by atoms with Gasteiger partial charge in [0, 0.05) is 12.8 Å². The van der Waals surface area contributed by atoms with E-state index < -0.39 is 24.3 Å². The Morgan fingerprint density at radius 2 is 0.730 bits per heavy atom. The normalized spacial score (nSPS) is 12.9. The Morgan fingerprint density at radius 1 is 0.405 bits per heavy atom. The van der Waals surface area contributed by atoms with E-state index in [1.54, 1.807) is 0 Å². The molecule has 0 aromatic rings. The standard InChI is InChI=1S/C65H121NO8/c1-6-8-10-12-14-16-18-20-22-24-26-28-30-31-32-33-34-36-38-40-42-44-46-48-50-52-54-56-63(68)74-61(60-73-65(64(69)70)71-58-57-66(3,4)5)59-72-62(67)55-53-51-49-47-45-43-41-39-37-35-29-27-25-23-21-19-17-15-13-11-9-7-2/h18,20,24,26,30-31,61,65H,6-17,19,21-23,25,27-29,32-60H2,1-5H3/b20-18-,26-24-,31-30-. The molecule has 0 rings (SSSR count). The predicted molar refractivity (Wildman–Crippen MR) is 311 cm³/mol. The van der Waals surface area contributed by atoms with E-state index in [0.717, 1.165) is 51.4 Å². The van der Waals surface area contributed by atoms with E-state index in [9.17, 15) is 19.5 Å². The van der Waals surface area contributed by atoms with Crippen LogP contribution < -0.4 is 5.11 Å². The summed E-state index contributed by atoms with van der Waals surface area (Å²) in [6.07, 6.45) is 66.3. The summed E-state index contributed by atoms with van der Waals surface area (Å²) in [5, 5.41) is 11.8. The lowest BCUT2D eigenvalue weighted by Gasteiger charge is -2.26. The average molecular weight is 1040 g/mol. The number of rotatable bonds is 59. The molecule has 0 aliphatic heterocycles. The number of allylic oxidation sites excluding steroid dienone is 6. The molecule has 0 saturated heterocycles. The highest BCUT2D eigenvalue weighted by Crippen LogP contribution is 2.18. The summed E-state index contributed by atoms with van der Waals surface area (Å²) >= 11 is 0. The molecule has 0 radical (unpaired) electrons. The van der Waals surface area contributed by atoms with E-state index in [0.29, 0.717) is 23.9 Å². The Morgan fingerprint density at radius 3 is 1.08 bits per heavy atom. The van der Waals surface area contributed by atoms with Crippen LogP contribution in [0.25, 0.3) is 0 Å². The van der Waals surface area contributed by atoms with Crippen LogP contribution in [-0.4, -0.2) is 82.3 Å². The monoisotopic (exact) mass is 1040 g/mol. The van der Waals surface area contributed by atoms with Gasteiger partial charge in [-0.15, -0.1) is 0 Å². The molecule has 434 valence electrons. The van der Waals surface area contributed by atoms with Crippen LogP contribution in [-0.2, 0) is 33.3 Å². The lowest BCUT2D eigenvalue weighted by Crippen LogP contribution is -2.44. The maximum Gasteiger partial charge on any atom is 0.306 e. The lowest BCUT2D eigenvalue weighted by atomic mass is 10.0. The Kier molecular flexibility index (Phi) is 54.8. The summed E-state index contributed by atoms with van der Waals surface area (Å²) in [6, 6.07) is 0. The van der Waals surface area contributed by atoms with E-state index in [1.807, 2.05) is 21.1 Å². The van der Waals surface area contributed by atoms with Gasteiger partial charge in [0.1, 0.15) is 13.2 Å². The smallest absolute Gasteiger partial charge is 0.306 e. The van der Waals surface area contributed by atoms with Gasteiger partial charge in [-0.25, -0.2) is 0 Å². The zero-order valence-electron chi connectivity index (χ0n) is 49.5. The Hall–Kier alpha value is -2.49. The number of carbonyl (C=O) groups is 3. The van der Waals surface area contributed by atoms with Crippen LogP contribution in [0.3, 0.4) is 0 Å². The molecule has 0 fully saturated rings. The summed E-state index contributed by atoms with van der Waals surface area (Å²) in [5.74, 6) is -2.26. The van der Waals surface area contributed by atoms with E-state index in [1.165, 1.54) is 218 Å². The molecule has 0 N–H and O–H groups in total. The van der Waals surface area contributed by atoms with Crippen LogP contribution >= 0.6 is 0 Å². The second-order valence-corrected chi connectivity index (χ2v) is 22.7. The molecule has 2 unspecified atom stereocenters. The molecule has 0 saturated carbocycles. The van der Waals surface area contributed by atoms with Crippen molar-refractivity contribution in [3.05, 3.63) is 36.5 Å². The van der Waals surface area contributed by atoms with Crippen LogP contribution in [0, 0.1) is 0 Å². The van der Waals surface area contributed by atoms with Gasteiger partial charge in [-0.3, -0.25) is 9.59 Å². The minimum absolute atomic E-state index is 0.149. The second kappa shape index (κ2) is 56.7. The van der Waals surface area contributed by atoms with Crippen LogP contribution in [0.5, 0.6) is 0 Å². The summed E-state index contributed by atoms with van der Waals surface area (Å²) in [6.45, 7) is 4.79. The van der Waals surface area contributed by atoms with Crippen LogP contribution in [0.15, 0.2) is 36.5 Å². The molecule has 0 spiro atoms. The lowest BCUT2D eigenvalue weighted by molar-refractivity contribution is -0.870. The first-order chi connectivity index (χ1) is 36.1. The fourth-order valence-electron chi connectivity index (χ4n) is 9.25. The highest BCUT2D eigenvalue weighted by atomic mass is 16.7. The third kappa shape index (κ3) is 57.2. The summed E-state index contributed by atoms with van der Waals surface area (Å²) in [7, 11) is 5.93. The maximum absolute atomic E-state index is 12.9. The van der Waals surface area contributed by atoms with E-state index in [4.69, 9.17) is 18.9 Å². The average Bonchev–Trinajstić information content (AvgIpc) is 3.37. The summed E-state index contributed by atoms with van der Waals surface area (Å²) in [4.78, 5) is 37.4. The number of likely N-dealkylation sites (N-methyl/N-ethyl adjacent to an activating group) is 1. The van der Waals surface area contributed by atoms with Gasteiger partial charge >= 0.3 is 11.9 Å². The van der Waals surface area contributed by atoms with E-state index >= 15 is 0 Å². The Labute approximate surface area is 458 Å². The van der Waals surface area contributed by atoms with Gasteiger partial charge in [0.05, 0.1) is 40.3 Å². The minimum Gasteiger partial charge on any atom is -0.545 e. The maximum atomic E-state index is 12.9. The number of quaternary nitrogens is 1. The van der Waals surface area contributed by atoms with Crippen molar-refractivity contribution in [1.82, 2.24) is 0 Å². The SMILES string of the molecule is CCCCCCC/C=C\C/C=C\C/C=C\CCCCCCCCCCCCCCC(=O)OC(COC(=O)CCCCCCCCCCCCCCCCCCCCCCCC)COC(OCC[N+](C)(C)C)C(=O)[O-]. The van der Waals surface area contributed by atoms with Crippen molar-refractivity contribution in [2.75, 3.05) is 47.5 Å². The molecule has 2 atom stereocenters. The number of ether oxygens (including phenoxy) is 4. The van der Waals surface area contributed by atoms with Crippen LogP contribution in [0.4, 0.5) is 0 Å². The highest BCUT2D eigenvalue weighted by Gasteiger charge is 2.22. The van der Waals surface area contributed by atoms with Crippen molar-refractivity contribution in [2.24, 2.45) is 0 Å². The first-order valence-electron chi connectivity index (χ1n) is 31.6. The van der Waals surface area contributed by atoms with Crippen LogP contribution in [0.2, 0.25) is 0 Å². The van der Waals surface area contributed by atoms with Crippen molar-refractivity contribution >= 4 is 17.9 Å². The quantitative estimate of drug-likeness (QED) is 0.0195. The molecule has 0 aromatic carbocycles. The van der Waals surface area contributed by atoms with Crippen LogP contribution in [0.1, 0.15) is 303 Å². The summed E-state index contributed by atoms with van der Waals surface area (Å²) < 4.78 is 22.8. The number of carboxylic acid groups (broad SMARTS) is 1. The fraction of sp³-hybridized carbons (Fsp3) is 0.862. The highest BCUT2D eigenvalue weighted by molar-refractivity contribution is 5.70. The number of carbonyl (C=O) groups excluding carboxylic acids is 3. The molecular weight excluding hydrogens is 923 g/mol. The van der Waals surface area contributed by atoms with Gasteiger partial charge in [-0.2, -0.15) is 0 Å². The van der Waals surface area contributed by atoms with Gasteiger partial charge in [-0.05, 0) is 51.4 Å². The first-order valence-corrected chi connectivity index (χ1v) is 31.6. The number of nitrogens with zero attached hydrogens (tertiary/aromatic N) is 1. The Balaban J connectivity index is 4.17. The topological polar surface area (TPSA) is 111 Å². The molecule has 74 heavy (non-hydrogen) atoms. The van der Waals surface area contributed by atoms with Crippen molar-refractivity contribution in [1.29, 1.82) is 0 Å². The van der Waals surface area contributed by atoms with Gasteiger partial charge < -0.3 is 33.3 Å². The molecule has 0 bridgehead atoms. The second-order valence-electron chi connectivity index (χ2n) is 22.7. The first kappa shape index (κ1) is 71.5. The fourth-order valence-corrected chi connectivity index (χ4v) is 9.25. The third-order valence-corrected chi connectivity index (χ3v) is 14.1. The van der Waals surface area contributed by atoms with Gasteiger partial charge in [-0.1, -0.05) is 275 Å². The zero-order chi connectivity index (χ0) is 54.1.